The topological polar surface area (TPSA) is 45.0 Å². The van der Waals surface area contributed by atoms with Crippen molar-refractivity contribution in [2.24, 2.45) is 0 Å². The molecule has 1 aliphatic rings. The highest BCUT2D eigenvalue weighted by Gasteiger charge is 2.25. The molecule has 0 radical (unpaired) electrons. The molecule has 0 spiro atoms. The van der Waals surface area contributed by atoms with E-state index in [2.05, 4.69) is 18.3 Å². The molecular weight excluding hydrogens is 220 g/mol. The van der Waals surface area contributed by atoms with E-state index in [1.165, 1.54) is 6.42 Å². The number of hydrogen-bond donors (Lipinski definition) is 1. The predicted molar refractivity (Wildman–Crippen MR) is 68.6 cm³/mol. The van der Waals surface area contributed by atoms with Gasteiger partial charge in [0.1, 0.15) is 5.54 Å². The van der Waals surface area contributed by atoms with Crippen LogP contribution in [-0.4, -0.2) is 36.3 Å². The van der Waals surface area contributed by atoms with Crippen molar-refractivity contribution in [2.75, 3.05) is 19.4 Å². The highest BCUT2D eigenvalue weighted by atomic mass is 32.2. The van der Waals surface area contributed by atoms with Crippen molar-refractivity contribution < 1.29 is 4.74 Å². The monoisotopic (exact) mass is 242 g/mol. The van der Waals surface area contributed by atoms with Gasteiger partial charge in [-0.3, -0.25) is 0 Å². The van der Waals surface area contributed by atoms with E-state index < -0.39 is 0 Å². The van der Waals surface area contributed by atoms with E-state index in [-0.39, 0.29) is 5.54 Å². The van der Waals surface area contributed by atoms with Crippen molar-refractivity contribution in [1.29, 1.82) is 5.26 Å². The number of nitriles is 1. The summed E-state index contributed by atoms with van der Waals surface area (Å²) in [4.78, 5) is 0. The smallest absolute Gasteiger partial charge is 0.103 e. The molecule has 0 bridgehead atoms. The third kappa shape index (κ3) is 3.97. The summed E-state index contributed by atoms with van der Waals surface area (Å²) in [7, 11) is 1.85. The minimum Gasteiger partial charge on any atom is -0.377 e. The van der Waals surface area contributed by atoms with Crippen LogP contribution in [0.4, 0.5) is 0 Å². The normalized spacial score (nSPS) is 28.6. The summed E-state index contributed by atoms with van der Waals surface area (Å²) >= 11 is 1.99. The van der Waals surface area contributed by atoms with Crippen LogP contribution in [0.3, 0.4) is 0 Å². The quantitative estimate of drug-likeness (QED) is 0.725. The molecule has 3 atom stereocenters. The van der Waals surface area contributed by atoms with Crippen LogP contribution in [0.2, 0.25) is 0 Å². The van der Waals surface area contributed by atoms with Crippen molar-refractivity contribution in [3.05, 3.63) is 0 Å². The van der Waals surface area contributed by atoms with Gasteiger partial charge in [-0.05, 0) is 45.9 Å². The van der Waals surface area contributed by atoms with Crippen LogP contribution < -0.4 is 5.32 Å². The van der Waals surface area contributed by atoms with Crippen LogP contribution in [0.1, 0.15) is 33.1 Å². The Morgan fingerprint density at radius 2 is 2.38 bits per heavy atom. The molecule has 1 rings (SSSR count). The lowest BCUT2D eigenvalue weighted by Crippen LogP contribution is -2.38. The Kier molecular flexibility index (Phi) is 5.60. The first-order chi connectivity index (χ1) is 7.61. The molecule has 92 valence electrons. The molecule has 1 saturated heterocycles. The zero-order valence-electron chi connectivity index (χ0n) is 10.5. The van der Waals surface area contributed by atoms with Crippen molar-refractivity contribution in [3.8, 4) is 6.07 Å². The zero-order chi connectivity index (χ0) is 12.0. The van der Waals surface area contributed by atoms with Crippen LogP contribution in [0, 0.1) is 11.3 Å². The number of nitrogens with one attached hydrogen (secondary N) is 1. The minimum absolute atomic E-state index is 0.363. The molecule has 1 heterocycles. The second-order valence-corrected chi connectivity index (χ2v) is 5.92. The molecule has 0 aromatic carbocycles. The Labute approximate surface area is 103 Å². The highest BCUT2D eigenvalue weighted by molar-refractivity contribution is 7.99. The SMILES string of the molecule is CNC(C)(C#N)CCCSC1CCOC1C. The molecule has 1 N–H and O–H groups in total. The van der Waals surface area contributed by atoms with Gasteiger partial charge < -0.3 is 10.1 Å². The summed E-state index contributed by atoms with van der Waals surface area (Å²) in [5, 5.41) is 12.7. The Bertz CT molecular complexity index is 254. The molecule has 3 nitrogen and oxygen atoms in total. The van der Waals surface area contributed by atoms with Crippen LogP contribution in [0.25, 0.3) is 0 Å². The van der Waals surface area contributed by atoms with Gasteiger partial charge in [-0.25, -0.2) is 0 Å². The molecule has 16 heavy (non-hydrogen) atoms. The van der Waals surface area contributed by atoms with Crippen molar-refractivity contribution in [3.63, 3.8) is 0 Å². The third-order valence-electron chi connectivity index (χ3n) is 3.26. The Morgan fingerprint density at radius 3 is 2.88 bits per heavy atom. The summed E-state index contributed by atoms with van der Waals surface area (Å²) in [5.41, 5.74) is -0.363. The zero-order valence-corrected chi connectivity index (χ0v) is 11.3. The summed E-state index contributed by atoms with van der Waals surface area (Å²) < 4.78 is 5.52. The fourth-order valence-corrected chi connectivity index (χ4v) is 3.05. The average Bonchev–Trinajstić information content (AvgIpc) is 2.70. The number of thioether (sulfide) groups is 1. The first-order valence-corrected chi connectivity index (χ1v) is 6.99. The van der Waals surface area contributed by atoms with E-state index in [0.717, 1.165) is 25.2 Å². The Morgan fingerprint density at radius 1 is 1.62 bits per heavy atom. The first-order valence-electron chi connectivity index (χ1n) is 5.94. The summed E-state index contributed by atoms with van der Waals surface area (Å²) in [6.07, 6.45) is 3.57. The maximum Gasteiger partial charge on any atom is 0.103 e. The molecular formula is C12H22N2OS. The molecule has 0 amide bonds. The van der Waals surface area contributed by atoms with Gasteiger partial charge in [0.25, 0.3) is 0 Å². The van der Waals surface area contributed by atoms with Crippen LogP contribution in [0.15, 0.2) is 0 Å². The Balaban J connectivity index is 2.14. The molecule has 0 aromatic rings. The minimum atomic E-state index is -0.363. The third-order valence-corrected chi connectivity index (χ3v) is 4.83. The first kappa shape index (κ1) is 13.8. The molecule has 0 aliphatic carbocycles. The summed E-state index contributed by atoms with van der Waals surface area (Å²) in [6, 6.07) is 2.32. The predicted octanol–water partition coefficient (Wildman–Crippen LogP) is 2.18. The molecule has 0 aromatic heterocycles. The molecule has 3 unspecified atom stereocenters. The van der Waals surface area contributed by atoms with Gasteiger partial charge in [0.2, 0.25) is 0 Å². The van der Waals surface area contributed by atoms with E-state index in [1.54, 1.807) is 0 Å². The fourth-order valence-electron chi connectivity index (χ4n) is 1.83. The van der Waals surface area contributed by atoms with Gasteiger partial charge >= 0.3 is 0 Å². The lowest BCUT2D eigenvalue weighted by atomic mass is 9.99. The number of ether oxygens (including phenoxy) is 1. The van der Waals surface area contributed by atoms with Crippen molar-refractivity contribution in [1.82, 2.24) is 5.32 Å². The van der Waals surface area contributed by atoms with Crippen LogP contribution >= 0.6 is 11.8 Å². The van der Waals surface area contributed by atoms with Gasteiger partial charge in [0.15, 0.2) is 0 Å². The second kappa shape index (κ2) is 6.48. The molecule has 1 fully saturated rings. The van der Waals surface area contributed by atoms with E-state index in [0.29, 0.717) is 11.4 Å². The maximum atomic E-state index is 9.00. The number of nitrogens with zero attached hydrogens (tertiary/aromatic N) is 1. The van der Waals surface area contributed by atoms with Gasteiger partial charge in [-0.2, -0.15) is 17.0 Å². The lowest BCUT2D eigenvalue weighted by molar-refractivity contribution is 0.127. The number of hydrogen-bond acceptors (Lipinski definition) is 4. The summed E-state index contributed by atoms with van der Waals surface area (Å²) in [5.74, 6) is 1.12. The van der Waals surface area contributed by atoms with Gasteiger partial charge in [0.05, 0.1) is 12.2 Å². The molecule has 4 heteroatoms. The number of rotatable bonds is 6. The average molecular weight is 242 g/mol. The van der Waals surface area contributed by atoms with Crippen molar-refractivity contribution in [2.45, 2.75) is 50.0 Å². The van der Waals surface area contributed by atoms with E-state index in [9.17, 15) is 0 Å². The largest absolute Gasteiger partial charge is 0.377 e. The second-order valence-electron chi connectivity index (χ2n) is 4.57. The maximum absolute atomic E-state index is 9.00. The van der Waals surface area contributed by atoms with Gasteiger partial charge in [-0.1, -0.05) is 0 Å². The van der Waals surface area contributed by atoms with E-state index in [1.807, 2.05) is 25.7 Å². The fraction of sp³-hybridized carbons (Fsp3) is 0.917. The standard InChI is InChI=1S/C12H22N2OS/c1-10-11(5-7-15-10)16-8-4-6-12(2,9-13)14-3/h10-11,14H,4-8H2,1-3H3. The molecule has 1 aliphatic heterocycles. The van der Waals surface area contributed by atoms with Gasteiger partial charge in [-0.15, -0.1) is 0 Å². The summed E-state index contributed by atoms with van der Waals surface area (Å²) in [6.45, 7) is 5.02. The van der Waals surface area contributed by atoms with Crippen molar-refractivity contribution >= 4 is 11.8 Å². The lowest BCUT2D eigenvalue weighted by Gasteiger charge is -2.21. The Hall–Kier alpha value is -0.240. The van der Waals surface area contributed by atoms with Gasteiger partial charge in [0, 0.05) is 11.9 Å². The van der Waals surface area contributed by atoms with Crippen LogP contribution in [-0.2, 0) is 4.74 Å². The van der Waals surface area contributed by atoms with E-state index in [4.69, 9.17) is 10.00 Å². The molecule has 0 saturated carbocycles. The highest BCUT2D eigenvalue weighted by Crippen LogP contribution is 2.27. The van der Waals surface area contributed by atoms with E-state index >= 15 is 0 Å². The van der Waals surface area contributed by atoms with Crippen LogP contribution in [0.5, 0.6) is 0 Å².